The third kappa shape index (κ3) is 4.59. The molecule has 0 aliphatic carbocycles. The van der Waals surface area contributed by atoms with Crippen molar-refractivity contribution in [1.82, 2.24) is 10.2 Å². The molecular formula is C16H20Cl2N2O3. The van der Waals surface area contributed by atoms with Crippen molar-refractivity contribution in [3.8, 4) is 0 Å². The molecule has 0 saturated carbocycles. The predicted molar refractivity (Wildman–Crippen MR) is 90.0 cm³/mol. The van der Waals surface area contributed by atoms with E-state index in [1.165, 1.54) is 0 Å². The van der Waals surface area contributed by atoms with Crippen molar-refractivity contribution in [2.24, 2.45) is 5.41 Å². The summed E-state index contributed by atoms with van der Waals surface area (Å²) in [6.07, 6.45) is 1.16. The number of hydrogen-bond acceptors (Lipinski definition) is 3. The largest absolute Gasteiger partial charge is 0.481 e. The molecule has 1 aromatic carbocycles. The summed E-state index contributed by atoms with van der Waals surface area (Å²) in [7, 11) is 0. The van der Waals surface area contributed by atoms with Crippen molar-refractivity contribution in [2.75, 3.05) is 26.2 Å². The van der Waals surface area contributed by atoms with E-state index in [2.05, 4.69) is 5.32 Å². The number of rotatable bonds is 6. The third-order valence-corrected chi connectivity index (χ3v) is 5.04. The summed E-state index contributed by atoms with van der Waals surface area (Å²) in [5.74, 6) is -0.922. The Balaban J connectivity index is 1.76. The van der Waals surface area contributed by atoms with Crippen molar-refractivity contribution < 1.29 is 14.7 Å². The van der Waals surface area contributed by atoms with Gasteiger partial charge in [0.05, 0.1) is 22.0 Å². The summed E-state index contributed by atoms with van der Waals surface area (Å²) in [5, 5.41) is 13.0. The molecule has 1 aliphatic rings. The monoisotopic (exact) mass is 358 g/mol. The maximum Gasteiger partial charge on any atom is 0.310 e. The molecule has 0 spiro atoms. The van der Waals surface area contributed by atoms with Crippen molar-refractivity contribution >= 4 is 35.1 Å². The van der Waals surface area contributed by atoms with Crippen LogP contribution in [0, 0.1) is 5.41 Å². The van der Waals surface area contributed by atoms with Gasteiger partial charge in [-0.3, -0.25) is 14.5 Å². The summed E-state index contributed by atoms with van der Waals surface area (Å²) in [4.78, 5) is 25.0. The van der Waals surface area contributed by atoms with E-state index in [0.717, 1.165) is 5.56 Å². The summed E-state index contributed by atoms with van der Waals surface area (Å²) >= 11 is 12.0. The molecular weight excluding hydrogens is 339 g/mol. The fourth-order valence-corrected chi connectivity index (χ4v) is 3.12. The number of carbonyl (C=O) groups excluding carboxylic acids is 1. The van der Waals surface area contributed by atoms with Gasteiger partial charge in [0.1, 0.15) is 0 Å². The molecule has 0 bridgehead atoms. The van der Waals surface area contributed by atoms with Gasteiger partial charge in [-0.1, -0.05) is 35.3 Å². The minimum absolute atomic E-state index is 0.113. The molecule has 1 fully saturated rings. The Morgan fingerprint density at radius 1 is 1.39 bits per heavy atom. The van der Waals surface area contributed by atoms with Crippen molar-refractivity contribution in [2.45, 2.75) is 19.8 Å². The fourth-order valence-electron chi connectivity index (χ4n) is 2.70. The summed E-state index contributed by atoms with van der Waals surface area (Å²) in [6.45, 7) is 3.41. The Labute approximate surface area is 145 Å². The molecule has 1 atom stereocenters. The molecule has 1 heterocycles. The van der Waals surface area contributed by atoms with Crippen LogP contribution in [0.5, 0.6) is 0 Å². The molecule has 2 rings (SSSR count). The van der Waals surface area contributed by atoms with Crippen LogP contribution < -0.4 is 5.32 Å². The lowest BCUT2D eigenvalue weighted by Gasteiger charge is -2.19. The van der Waals surface area contributed by atoms with Gasteiger partial charge in [-0.25, -0.2) is 0 Å². The lowest BCUT2D eigenvalue weighted by molar-refractivity contribution is -0.147. The third-order valence-electron chi connectivity index (χ3n) is 4.18. The molecule has 1 amide bonds. The number of nitrogens with one attached hydrogen (secondary N) is 1. The number of nitrogens with zero attached hydrogens (tertiary/aromatic N) is 1. The van der Waals surface area contributed by atoms with Crippen LogP contribution in [0.15, 0.2) is 18.2 Å². The van der Waals surface area contributed by atoms with Crippen LogP contribution in [-0.4, -0.2) is 48.1 Å². The fraction of sp³-hybridized carbons (Fsp3) is 0.500. The van der Waals surface area contributed by atoms with Crippen molar-refractivity contribution in [3.63, 3.8) is 0 Å². The first-order valence-corrected chi connectivity index (χ1v) is 8.23. The van der Waals surface area contributed by atoms with Gasteiger partial charge in [0.2, 0.25) is 5.91 Å². The Morgan fingerprint density at radius 3 is 2.78 bits per heavy atom. The number of benzene rings is 1. The van der Waals surface area contributed by atoms with E-state index in [9.17, 15) is 14.7 Å². The van der Waals surface area contributed by atoms with Crippen molar-refractivity contribution in [3.05, 3.63) is 33.8 Å². The first-order valence-electron chi connectivity index (χ1n) is 7.47. The number of likely N-dealkylation sites (tertiary alicyclic amines) is 1. The number of carboxylic acid groups (broad SMARTS) is 1. The van der Waals surface area contributed by atoms with Crippen LogP contribution >= 0.6 is 23.2 Å². The average Bonchev–Trinajstić information content (AvgIpc) is 2.86. The molecule has 5 nitrogen and oxygen atoms in total. The molecule has 1 aliphatic heterocycles. The topological polar surface area (TPSA) is 69.6 Å². The van der Waals surface area contributed by atoms with Gasteiger partial charge in [0.15, 0.2) is 0 Å². The molecule has 1 unspecified atom stereocenters. The van der Waals surface area contributed by atoms with Crippen molar-refractivity contribution in [1.29, 1.82) is 0 Å². The van der Waals surface area contributed by atoms with Gasteiger partial charge in [-0.05, 0) is 37.9 Å². The van der Waals surface area contributed by atoms with Crippen LogP contribution in [0.3, 0.4) is 0 Å². The SMILES string of the molecule is CC1(C(=O)O)CCN(CC(=O)NCCc2cccc(Cl)c2Cl)C1. The molecule has 23 heavy (non-hydrogen) atoms. The minimum Gasteiger partial charge on any atom is -0.481 e. The van der Waals surface area contributed by atoms with E-state index in [-0.39, 0.29) is 12.5 Å². The van der Waals surface area contributed by atoms with Gasteiger partial charge in [0.25, 0.3) is 0 Å². The maximum atomic E-state index is 12.0. The molecule has 1 aromatic rings. The number of carbonyl (C=O) groups is 2. The van der Waals surface area contributed by atoms with E-state index in [0.29, 0.717) is 42.5 Å². The molecule has 7 heteroatoms. The molecule has 0 radical (unpaired) electrons. The highest BCUT2D eigenvalue weighted by Crippen LogP contribution is 2.29. The second-order valence-corrected chi connectivity index (χ2v) is 6.92. The van der Waals surface area contributed by atoms with Gasteiger partial charge in [-0.2, -0.15) is 0 Å². The van der Waals surface area contributed by atoms with Gasteiger partial charge in [-0.15, -0.1) is 0 Å². The number of halogens is 2. The van der Waals surface area contributed by atoms with Crippen LogP contribution in [0.25, 0.3) is 0 Å². The highest BCUT2D eigenvalue weighted by Gasteiger charge is 2.40. The number of aliphatic carboxylic acids is 1. The zero-order valence-electron chi connectivity index (χ0n) is 12.9. The van der Waals surface area contributed by atoms with Crippen LogP contribution in [-0.2, 0) is 16.0 Å². The van der Waals surface area contributed by atoms with E-state index in [1.54, 1.807) is 13.0 Å². The van der Waals surface area contributed by atoms with Crippen LogP contribution in [0.1, 0.15) is 18.9 Å². The van der Waals surface area contributed by atoms with Crippen LogP contribution in [0.4, 0.5) is 0 Å². The molecule has 0 aromatic heterocycles. The Kier molecular flexibility index (Phi) is 5.89. The quantitative estimate of drug-likeness (QED) is 0.819. The van der Waals surface area contributed by atoms with Gasteiger partial charge >= 0.3 is 5.97 Å². The predicted octanol–water partition coefficient (Wildman–Crippen LogP) is 2.45. The van der Waals surface area contributed by atoms with Crippen LogP contribution in [0.2, 0.25) is 10.0 Å². The molecule has 126 valence electrons. The lowest BCUT2D eigenvalue weighted by atomic mass is 9.90. The second-order valence-electron chi connectivity index (χ2n) is 6.14. The zero-order chi connectivity index (χ0) is 17.0. The first-order chi connectivity index (χ1) is 10.8. The zero-order valence-corrected chi connectivity index (χ0v) is 14.5. The summed E-state index contributed by atoms with van der Waals surface area (Å²) < 4.78 is 0. The normalized spacial score (nSPS) is 21.3. The standard InChI is InChI=1S/C16H20Cl2N2O3/c1-16(15(22)23)6-8-20(10-16)9-13(21)19-7-5-11-3-2-4-12(17)14(11)18/h2-4H,5-10H2,1H3,(H,19,21)(H,22,23). The van der Waals surface area contributed by atoms with E-state index in [4.69, 9.17) is 23.2 Å². The Bertz CT molecular complexity index is 609. The average molecular weight is 359 g/mol. The number of hydrogen-bond donors (Lipinski definition) is 2. The van der Waals surface area contributed by atoms with Gasteiger partial charge < -0.3 is 10.4 Å². The Morgan fingerprint density at radius 2 is 2.13 bits per heavy atom. The lowest BCUT2D eigenvalue weighted by Crippen LogP contribution is -2.39. The van der Waals surface area contributed by atoms with E-state index in [1.807, 2.05) is 17.0 Å². The van der Waals surface area contributed by atoms with Gasteiger partial charge in [0, 0.05) is 13.1 Å². The highest BCUT2D eigenvalue weighted by molar-refractivity contribution is 6.42. The Hall–Kier alpha value is -1.30. The second kappa shape index (κ2) is 7.51. The van der Waals surface area contributed by atoms with E-state index < -0.39 is 11.4 Å². The molecule has 1 saturated heterocycles. The highest BCUT2D eigenvalue weighted by atomic mass is 35.5. The first kappa shape index (κ1) is 18.0. The molecule has 2 N–H and O–H groups in total. The number of carboxylic acids is 1. The summed E-state index contributed by atoms with van der Waals surface area (Å²) in [5.41, 5.74) is 0.133. The maximum absolute atomic E-state index is 12.0. The minimum atomic E-state index is -0.809. The smallest absolute Gasteiger partial charge is 0.310 e. The number of amides is 1. The summed E-state index contributed by atoms with van der Waals surface area (Å²) in [6, 6.07) is 5.42. The van der Waals surface area contributed by atoms with E-state index >= 15 is 0 Å².